The summed E-state index contributed by atoms with van der Waals surface area (Å²) in [5.41, 5.74) is 8.21. The highest BCUT2D eigenvalue weighted by Crippen LogP contribution is 2.36. The highest BCUT2D eigenvalue weighted by molar-refractivity contribution is 5.92. The Kier molecular flexibility index (Phi) is 2.84. The van der Waals surface area contributed by atoms with Crippen LogP contribution in [-0.2, 0) is 12.0 Å². The predicted octanol–water partition coefficient (Wildman–Crippen LogP) is 3.30. The molecule has 17 heavy (non-hydrogen) atoms. The number of fused-ring (bicyclic) bond motifs is 1. The molecule has 0 fully saturated rings. The minimum absolute atomic E-state index is 0.0159. The molecule has 0 saturated heterocycles. The number of benzene rings is 2. The van der Waals surface area contributed by atoms with Crippen molar-refractivity contribution in [1.82, 2.24) is 0 Å². The Bertz CT molecular complexity index is 553. The van der Waals surface area contributed by atoms with Crippen LogP contribution in [-0.4, -0.2) is 5.11 Å². The molecule has 2 rings (SSSR count). The molecule has 90 valence electrons. The van der Waals surface area contributed by atoms with Gasteiger partial charge in [0.05, 0.1) is 0 Å². The summed E-state index contributed by atoms with van der Waals surface area (Å²) in [6, 6.07) is 9.61. The molecule has 3 N–H and O–H groups in total. The summed E-state index contributed by atoms with van der Waals surface area (Å²) in [5.74, 6) is 0.330. The molecule has 0 aliphatic rings. The number of rotatable bonds is 1. The van der Waals surface area contributed by atoms with Crippen LogP contribution < -0.4 is 5.73 Å². The Morgan fingerprint density at radius 1 is 1.06 bits per heavy atom. The average Bonchev–Trinajstić information content (AvgIpc) is 2.26. The number of phenols is 1. The van der Waals surface area contributed by atoms with Gasteiger partial charge in [0, 0.05) is 11.9 Å². The van der Waals surface area contributed by atoms with Gasteiger partial charge in [0.25, 0.3) is 0 Å². The van der Waals surface area contributed by atoms with Gasteiger partial charge < -0.3 is 10.8 Å². The fourth-order valence-electron chi connectivity index (χ4n) is 2.44. The van der Waals surface area contributed by atoms with Crippen LogP contribution in [0, 0.1) is 0 Å². The second-order valence-electron chi connectivity index (χ2n) is 5.43. The Labute approximate surface area is 102 Å². The zero-order valence-corrected chi connectivity index (χ0v) is 10.6. The lowest BCUT2D eigenvalue weighted by Crippen LogP contribution is -2.16. The Morgan fingerprint density at radius 3 is 2.35 bits per heavy atom. The van der Waals surface area contributed by atoms with E-state index in [0.717, 1.165) is 16.3 Å². The Morgan fingerprint density at radius 2 is 1.76 bits per heavy atom. The largest absolute Gasteiger partial charge is 0.507 e. The number of aromatic hydroxyl groups is 1. The van der Waals surface area contributed by atoms with E-state index in [0.29, 0.717) is 12.3 Å². The second kappa shape index (κ2) is 4.04. The fraction of sp³-hybridized carbons (Fsp3) is 0.333. The van der Waals surface area contributed by atoms with E-state index in [2.05, 4.69) is 26.8 Å². The van der Waals surface area contributed by atoms with Gasteiger partial charge in [-0.15, -0.1) is 0 Å². The van der Waals surface area contributed by atoms with Gasteiger partial charge in [-0.1, -0.05) is 45.0 Å². The van der Waals surface area contributed by atoms with Gasteiger partial charge in [0.1, 0.15) is 5.75 Å². The molecule has 0 heterocycles. The first-order valence-corrected chi connectivity index (χ1v) is 5.89. The molecule has 2 aromatic carbocycles. The maximum Gasteiger partial charge on any atom is 0.123 e. The molecule has 0 saturated carbocycles. The Hall–Kier alpha value is -1.54. The summed E-state index contributed by atoms with van der Waals surface area (Å²) >= 11 is 0. The van der Waals surface area contributed by atoms with Crippen LogP contribution in [0.25, 0.3) is 10.8 Å². The van der Waals surface area contributed by atoms with Gasteiger partial charge in [0.15, 0.2) is 0 Å². The number of phenolic OH excluding ortho intramolecular Hbond substituents is 1. The van der Waals surface area contributed by atoms with Crippen LogP contribution in [0.4, 0.5) is 0 Å². The van der Waals surface area contributed by atoms with Crippen molar-refractivity contribution in [3.8, 4) is 5.75 Å². The van der Waals surface area contributed by atoms with Crippen molar-refractivity contribution in [2.75, 3.05) is 0 Å². The first-order valence-electron chi connectivity index (χ1n) is 5.89. The Balaban J connectivity index is 2.89. The molecule has 0 aromatic heterocycles. The van der Waals surface area contributed by atoms with Gasteiger partial charge in [-0.25, -0.2) is 0 Å². The summed E-state index contributed by atoms with van der Waals surface area (Å²) in [4.78, 5) is 0. The fourth-order valence-corrected chi connectivity index (χ4v) is 2.44. The van der Waals surface area contributed by atoms with Crippen molar-refractivity contribution in [2.45, 2.75) is 32.7 Å². The second-order valence-corrected chi connectivity index (χ2v) is 5.43. The van der Waals surface area contributed by atoms with E-state index in [1.807, 2.05) is 18.2 Å². The third-order valence-corrected chi connectivity index (χ3v) is 3.09. The molecule has 0 spiro atoms. The van der Waals surface area contributed by atoms with Crippen LogP contribution in [0.2, 0.25) is 0 Å². The summed E-state index contributed by atoms with van der Waals surface area (Å²) in [7, 11) is 0. The lowest BCUT2D eigenvalue weighted by Gasteiger charge is -2.25. The molecule has 2 nitrogen and oxygen atoms in total. The van der Waals surface area contributed by atoms with E-state index in [9.17, 15) is 5.11 Å². The maximum absolute atomic E-state index is 9.89. The van der Waals surface area contributed by atoms with E-state index in [-0.39, 0.29) is 5.41 Å². The molecule has 2 aromatic rings. The van der Waals surface area contributed by atoms with E-state index < -0.39 is 0 Å². The molecule has 0 aliphatic heterocycles. The molecular formula is C15H19NO. The van der Waals surface area contributed by atoms with E-state index in [4.69, 9.17) is 5.73 Å². The van der Waals surface area contributed by atoms with Crippen LogP contribution in [0.3, 0.4) is 0 Å². The third kappa shape index (κ3) is 2.01. The molecular weight excluding hydrogens is 210 g/mol. The first kappa shape index (κ1) is 11.9. The van der Waals surface area contributed by atoms with Crippen LogP contribution in [0.15, 0.2) is 30.3 Å². The molecule has 0 unspecified atom stereocenters. The van der Waals surface area contributed by atoms with Gasteiger partial charge in [-0.3, -0.25) is 0 Å². The van der Waals surface area contributed by atoms with Gasteiger partial charge in [-0.2, -0.15) is 0 Å². The van der Waals surface area contributed by atoms with Crippen LogP contribution in [0.1, 0.15) is 31.9 Å². The molecule has 0 aliphatic carbocycles. The van der Waals surface area contributed by atoms with Gasteiger partial charge in [0.2, 0.25) is 0 Å². The summed E-state index contributed by atoms with van der Waals surface area (Å²) in [6.07, 6.45) is 0. The molecule has 0 atom stereocenters. The summed E-state index contributed by atoms with van der Waals surface area (Å²) in [5, 5.41) is 11.9. The standard InChI is InChI=1S/C15H19NO/c1-15(2,3)14-10(9-16)7-8-11-12(14)5-4-6-13(11)17/h4-8,17H,9,16H2,1-3H3. The third-order valence-electron chi connectivity index (χ3n) is 3.09. The van der Waals surface area contributed by atoms with Crippen molar-refractivity contribution in [3.05, 3.63) is 41.5 Å². The maximum atomic E-state index is 9.89. The normalized spacial score (nSPS) is 12.0. The lowest BCUT2D eigenvalue weighted by atomic mass is 9.80. The summed E-state index contributed by atoms with van der Waals surface area (Å²) in [6.45, 7) is 7.04. The first-order chi connectivity index (χ1) is 7.95. The predicted molar refractivity (Wildman–Crippen MR) is 72.2 cm³/mol. The zero-order chi connectivity index (χ0) is 12.6. The highest BCUT2D eigenvalue weighted by atomic mass is 16.3. The van der Waals surface area contributed by atoms with Crippen molar-refractivity contribution < 1.29 is 5.11 Å². The van der Waals surface area contributed by atoms with E-state index >= 15 is 0 Å². The average molecular weight is 229 g/mol. The van der Waals surface area contributed by atoms with Gasteiger partial charge in [-0.05, 0) is 28.0 Å². The van der Waals surface area contributed by atoms with E-state index in [1.54, 1.807) is 6.07 Å². The quantitative estimate of drug-likeness (QED) is 0.788. The smallest absolute Gasteiger partial charge is 0.123 e. The van der Waals surface area contributed by atoms with Crippen LogP contribution in [0.5, 0.6) is 5.75 Å². The SMILES string of the molecule is CC(C)(C)c1c(CN)ccc2c(O)cccc12. The molecule has 0 radical (unpaired) electrons. The topological polar surface area (TPSA) is 46.2 Å². The van der Waals surface area contributed by atoms with Crippen molar-refractivity contribution in [3.63, 3.8) is 0 Å². The number of hydrogen-bond acceptors (Lipinski definition) is 2. The highest BCUT2D eigenvalue weighted by Gasteiger charge is 2.20. The van der Waals surface area contributed by atoms with Gasteiger partial charge >= 0.3 is 0 Å². The molecule has 2 heteroatoms. The zero-order valence-electron chi connectivity index (χ0n) is 10.6. The van der Waals surface area contributed by atoms with Crippen molar-refractivity contribution in [1.29, 1.82) is 0 Å². The molecule has 0 amide bonds. The van der Waals surface area contributed by atoms with Crippen LogP contribution >= 0.6 is 0 Å². The monoisotopic (exact) mass is 229 g/mol. The van der Waals surface area contributed by atoms with Crippen molar-refractivity contribution in [2.24, 2.45) is 5.73 Å². The number of nitrogens with two attached hydrogens (primary N) is 1. The van der Waals surface area contributed by atoms with E-state index in [1.165, 1.54) is 5.56 Å². The molecule has 0 bridgehead atoms. The minimum atomic E-state index is 0.0159. The van der Waals surface area contributed by atoms with Crippen molar-refractivity contribution >= 4 is 10.8 Å². The summed E-state index contributed by atoms with van der Waals surface area (Å²) < 4.78 is 0. The minimum Gasteiger partial charge on any atom is -0.507 e. The number of hydrogen-bond donors (Lipinski definition) is 2. The lowest BCUT2D eigenvalue weighted by molar-refractivity contribution is 0.481.